The van der Waals surface area contributed by atoms with Gasteiger partial charge in [-0.25, -0.2) is 0 Å². The second-order valence-electron chi connectivity index (χ2n) is 3.95. The standard InChI is InChI=1S/C13H9N3O2/c17-16(18)13-4-2-1-3-11(13)9-5-6-12-10(7-9)8-14-15-12/h1-8H,(H,14,15). The van der Waals surface area contributed by atoms with E-state index in [-0.39, 0.29) is 10.6 Å². The van der Waals surface area contributed by atoms with Crippen molar-refractivity contribution < 1.29 is 4.92 Å². The van der Waals surface area contributed by atoms with Crippen molar-refractivity contribution >= 4 is 16.6 Å². The number of benzene rings is 2. The Morgan fingerprint density at radius 1 is 1.17 bits per heavy atom. The van der Waals surface area contributed by atoms with E-state index in [0.29, 0.717) is 5.56 Å². The predicted octanol–water partition coefficient (Wildman–Crippen LogP) is 3.14. The van der Waals surface area contributed by atoms with E-state index in [1.807, 2.05) is 18.2 Å². The lowest BCUT2D eigenvalue weighted by Crippen LogP contribution is -1.91. The van der Waals surface area contributed by atoms with Crippen LogP contribution < -0.4 is 0 Å². The fourth-order valence-corrected chi connectivity index (χ4v) is 1.99. The normalized spacial score (nSPS) is 10.7. The minimum Gasteiger partial charge on any atom is -0.278 e. The molecule has 1 heterocycles. The molecule has 0 unspecified atom stereocenters. The molecule has 0 aliphatic rings. The van der Waals surface area contributed by atoms with Gasteiger partial charge >= 0.3 is 0 Å². The van der Waals surface area contributed by atoms with Gasteiger partial charge in [0.25, 0.3) is 5.69 Å². The molecule has 0 fully saturated rings. The van der Waals surface area contributed by atoms with Gasteiger partial charge in [-0.05, 0) is 23.8 Å². The second-order valence-corrected chi connectivity index (χ2v) is 3.95. The van der Waals surface area contributed by atoms with E-state index in [2.05, 4.69) is 10.2 Å². The largest absolute Gasteiger partial charge is 0.278 e. The number of aromatic nitrogens is 2. The lowest BCUT2D eigenvalue weighted by atomic mass is 10.0. The second kappa shape index (κ2) is 3.96. The van der Waals surface area contributed by atoms with Crippen molar-refractivity contribution in [1.29, 1.82) is 0 Å². The summed E-state index contributed by atoms with van der Waals surface area (Å²) < 4.78 is 0. The van der Waals surface area contributed by atoms with E-state index in [9.17, 15) is 10.1 Å². The van der Waals surface area contributed by atoms with Crippen LogP contribution in [-0.4, -0.2) is 15.1 Å². The third kappa shape index (κ3) is 1.62. The van der Waals surface area contributed by atoms with Gasteiger partial charge in [0, 0.05) is 11.5 Å². The Hall–Kier alpha value is -2.69. The molecule has 5 heteroatoms. The fraction of sp³-hybridized carbons (Fsp3) is 0. The summed E-state index contributed by atoms with van der Waals surface area (Å²) in [5.41, 5.74) is 2.46. The zero-order chi connectivity index (χ0) is 12.5. The molecule has 0 aliphatic carbocycles. The quantitative estimate of drug-likeness (QED) is 0.551. The van der Waals surface area contributed by atoms with Gasteiger partial charge in [-0.2, -0.15) is 5.10 Å². The number of H-pyrrole nitrogens is 1. The summed E-state index contributed by atoms with van der Waals surface area (Å²) in [4.78, 5) is 10.6. The number of nitro benzene ring substituents is 1. The number of hydrogen-bond acceptors (Lipinski definition) is 3. The Labute approximate surface area is 102 Å². The summed E-state index contributed by atoms with van der Waals surface area (Å²) in [6, 6.07) is 12.3. The number of nitrogens with one attached hydrogen (secondary N) is 1. The van der Waals surface area contributed by atoms with Gasteiger partial charge < -0.3 is 0 Å². The Balaban J connectivity index is 2.22. The smallest absolute Gasteiger partial charge is 0.277 e. The zero-order valence-electron chi connectivity index (χ0n) is 9.33. The molecule has 0 atom stereocenters. The third-order valence-corrected chi connectivity index (χ3v) is 2.85. The van der Waals surface area contributed by atoms with Crippen molar-refractivity contribution in [2.24, 2.45) is 0 Å². The molecule has 2 aromatic carbocycles. The van der Waals surface area contributed by atoms with Crippen LogP contribution in [0, 0.1) is 10.1 Å². The zero-order valence-corrected chi connectivity index (χ0v) is 9.33. The maximum Gasteiger partial charge on any atom is 0.277 e. The fourth-order valence-electron chi connectivity index (χ4n) is 1.99. The van der Waals surface area contributed by atoms with Crippen molar-refractivity contribution in [2.45, 2.75) is 0 Å². The number of fused-ring (bicyclic) bond motifs is 1. The van der Waals surface area contributed by atoms with E-state index in [0.717, 1.165) is 16.5 Å². The van der Waals surface area contributed by atoms with E-state index >= 15 is 0 Å². The van der Waals surface area contributed by atoms with Crippen LogP contribution in [0.15, 0.2) is 48.7 Å². The van der Waals surface area contributed by atoms with Gasteiger partial charge in [0.05, 0.1) is 22.2 Å². The van der Waals surface area contributed by atoms with Gasteiger partial charge in [-0.3, -0.25) is 15.2 Å². The summed E-state index contributed by atoms with van der Waals surface area (Å²) in [5.74, 6) is 0. The molecule has 0 amide bonds. The molecule has 88 valence electrons. The van der Waals surface area contributed by atoms with Crippen LogP contribution in [0.1, 0.15) is 0 Å². The molecule has 1 N–H and O–H groups in total. The van der Waals surface area contributed by atoms with Gasteiger partial charge in [0.1, 0.15) is 0 Å². The van der Waals surface area contributed by atoms with Gasteiger partial charge in [-0.15, -0.1) is 0 Å². The lowest BCUT2D eigenvalue weighted by molar-refractivity contribution is -0.384. The monoisotopic (exact) mass is 239 g/mol. The minimum atomic E-state index is -0.366. The van der Waals surface area contributed by atoms with Crippen LogP contribution in [-0.2, 0) is 0 Å². The van der Waals surface area contributed by atoms with Crippen LogP contribution in [0.3, 0.4) is 0 Å². The summed E-state index contributed by atoms with van der Waals surface area (Å²) in [6.45, 7) is 0. The lowest BCUT2D eigenvalue weighted by Gasteiger charge is -2.02. The molecule has 18 heavy (non-hydrogen) atoms. The first-order valence-electron chi connectivity index (χ1n) is 5.42. The Kier molecular flexibility index (Phi) is 2.30. The molecule has 0 aliphatic heterocycles. The Bertz CT molecular complexity index is 734. The Morgan fingerprint density at radius 3 is 2.83 bits per heavy atom. The highest BCUT2D eigenvalue weighted by molar-refractivity contribution is 5.86. The van der Waals surface area contributed by atoms with Crippen molar-refractivity contribution in [2.75, 3.05) is 0 Å². The molecule has 3 aromatic rings. The van der Waals surface area contributed by atoms with Crippen molar-refractivity contribution in [3.63, 3.8) is 0 Å². The van der Waals surface area contributed by atoms with E-state index in [1.54, 1.807) is 24.4 Å². The minimum absolute atomic E-state index is 0.111. The maximum atomic E-state index is 11.0. The molecule has 0 saturated carbocycles. The number of nitro groups is 1. The molecule has 1 aromatic heterocycles. The average Bonchev–Trinajstić information content (AvgIpc) is 2.85. The summed E-state index contributed by atoms with van der Waals surface area (Å²) >= 11 is 0. The molecule has 0 saturated heterocycles. The molecular formula is C13H9N3O2. The summed E-state index contributed by atoms with van der Waals surface area (Å²) in [7, 11) is 0. The van der Waals surface area contributed by atoms with Crippen LogP contribution in [0.5, 0.6) is 0 Å². The molecule has 5 nitrogen and oxygen atoms in total. The van der Waals surface area contributed by atoms with Crippen LogP contribution in [0.25, 0.3) is 22.0 Å². The van der Waals surface area contributed by atoms with Crippen molar-refractivity contribution in [1.82, 2.24) is 10.2 Å². The van der Waals surface area contributed by atoms with Gasteiger partial charge in [-0.1, -0.05) is 18.2 Å². The number of aromatic amines is 1. The molecule has 0 radical (unpaired) electrons. The van der Waals surface area contributed by atoms with Crippen LogP contribution in [0.2, 0.25) is 0 Å². The first kappa shape index (κ1) is 10.5. The first-order chi connectivity index (χ1) is 8.75. The molecular weight excluding hydrogens is 230 g/mol. The SMILES string of the molecule is O=[N+]([O-])c1ccccc1-c1ccc2[nH]ncc2c1. The van der Waals surface area contributed by atoms with E-state index in [4.69, 9.17) is 0 Å². The molecule has 0 spiro atoms. The topological polar surface area (TPSA) is 71.8 Å². The van der Waals surface area contributed by atoms with Crippen LogP contribution in [0.4, 0.5) is 5.69 Å². The van der Waals surface area contributed by atoms with Crippen LogP contribution >= 0.6 is 0 Å². The molecule has 3 rings (SSSR count). The number of hydrogen-bond donors (Lipinski definition) is 1. The van der Waals surface area contributed by atoms with Gasteiger partial charge in [0.2, 0.25) is 0 Å². The van der Waals surface area contributed by atoms with Gasteiger partial charge in [0.15, 0.2) is 0 Å². The highest BCUT2D eigenvalue weighted by Gasteiger charge is 2.14. The third-order valence-electron chi connectivity index (χ3n) is 2.85. The average molecular weight is 239 g/mol. The summed E-state index contributed by atoms with van der Waals surface area (Å²) in [5, 5.41) is 18.7. The number of rotatable bonds is 2. The number of para-hydroxylation sites is 1. The molecule has 0 bridgehead atoms. The number of nitrogens with zero attached hydrogens (tertiary/aromatic N) is 2. The first-order valence-corrected chi connectivity index (χ1v) is 5.42. The maximum absolute atomic E-state index is 11.0. The summed E-state index contributed by atoms with van der Waals surface area (Å²) in [6.07, 6.45) is 1.70. The van der Waals surface area contributed by atoms with Crippen molar-refractivity contribution in [3.8, 4) is 11.1 Å². The predicted molar refractivity (Wildman–Crippen MR) is 68.2 cm³/mol. The van der Waals surface area contributed by atoms with Crippen molar-refractivity contribution in [3.05, 3.63) is 58.8 Å². The highest BCUT2D eigenvalue weighted by atomic mass is 16.6. The highest BCUT2D eigenvalue weighted by Crippen LogP contribution is 2.30. The van der Waals surface area contributed by atoms with E-state index < -0.39 is 0 Å². The Morgan fingerprint density at radius 2 is 2.00 bits per heavy atom. The van der Waals surface area contributed by atoms with E-state index in [1.165, 1.54) is 6.07 Å².